The second kappa shape index (κ2) is 6.77. The van der Waals surface area contributed by atoms with Gasteiger partial charge in [-0.15, -0.1) is 0 Å². The summed E-state index contributed by atoms with van der Waals surface area (Å²) < 4.78 is 5.23. The Kier molecular flexibility index (Phi) is 6.46. The van der Waals surface area contributed by atoms with Crippen LogP contribution in [0.3, 0.4) is 0 Å². The minimum Gasteiger partial charge on any atom is -0.444 e. The lowest BCUT2D eigenvalue weighted by Crippen LogP contribution is -2.38. The Morgan fingerprint density at radius 3 is 2.19 bits per heavy atom. The van der Waals surface area contributed by atoms with E-state index in [0.29, 0.717) is 5.92 Å². The van der Waals surface area contributed by atoms with Gasteiger partial charge in [0.05, 0.1) is 0 Å². The van der Waals surface area contributed by atoms with Gasteiger partial charge in [0, 0.05) is 6.04 Å². The smallest absolute Gasteiger partial charge is 0.407 e. The van der Waals surface area contributed by atoms with Gasteiger partial charge in [-0.05, 0) is 46.0 Å². The molecule has 0 bridgehead atoms. The molecule has 0 fully saturated rings. The van der Waals surface area contributed by atoms with E-state index >= 15 is 0 Å². The van der Waals surface area contributed by atoms with Crippen molar-refractivity contribution in [1.82, 2.24) is 5.32 Å². The Labute approximate surface area is 99.9 Å². The van der Waals surface area contributed by atoms with E-state index in [0.717, 1.165) is 19.3 Å². The van der Waals surface area contributed by atoms with Crippen molar-refractivity contribution in [2.75, 3.05) is 0 Å². The van der Waals surface area contributed by atoms with E-state index in [2.05, 4.69) is 26.1 Å². The number of hydrogen-bond donors (Lipinski definition) is 1. The van der Waals surface area contributed by atoms with Crippen LogP contribution in [0.1, 0.15) is 60.8 Å². The fraction of sp³-hybridized carbons (Fsp3) is 0.923. The molecule has 0 radical (unpaired) electrons. The maximum absolute atomic E-state index is 11.5. The van der Waals surface area contributed by atoms with E-state index in [9.17, 15) is 4.79 Å². The highest BCUT2D eigenvalue weighted by Gasteiger charge is 2.18. The molecule has 3 nitrogen and oxygen atoms in total. The second-order valence-corrected chi connectivity index (χ2v) is 5.72. The van der Waals surface area contributed by atoms with Crippen LogP contribution in [0.25, 0.3) is 0 Å². The molecule has 1 N–H and O–H groups in total. The number of rotatable bonds is 5. The molecule has 0 rings (SSSR count). The molecule has 0 aromatic heterocycles. The maximum Gasteiger partial charge on any atom is 0.407 e. The van der Waals surface area contributed by atoms with Crippen molar-refractivity contribution in [2.45, 2.75) is 72.4 Å². The summed E-state index contributed by atoms with van der Waals surface area (Å²) in [7, 11) is 0. The third-order valence-corrected chi connectivity index (χ3v) is 2.31. The van der Waals surface area contributed by atoms with E-state index in [1.54, 1.807) is 0 Å². The zero-order valence-electron chi connectivity index (χ0n) is 11.6. The van der Waals surface area contributed by atoms with Gasteiger partial charge in [-0.25, -0.2) is 4.79 Å². The molecule has 16 heavy (non-hydrogen) atoms. The number of alkyl carbamates (subject to hydrolysis) is 1. The summed E-state index contributed by atoms with van der Waals surface area (Å²) in [5.41, 5.74) is -0.416. The number of nitrogens with one attached hydrogen (secondary N) is 1. The molecule has 1 amide bonds. The zero-order chi connectivity index (χ0) is 12.8. The lowest BCUT2D eigenvalue weighted by Gasteiger charge is -2.23. The summed E-state index contributed by atoms with van der Waals surface area (Å²) in [4.78, 5) is 11.5. The summed E-state index contributed by atoms with van der Waals surface area (Å²) in [6, 6.07) is 0.234. The first-order valence-corrected chi connectivity index (χ1v) is 6.24. The third kappa shape index (κ3) is 8.57. The number of carbonyl (C=O) groups excluding carboxylic acids is 1. The average Bonchev–Trinajstić information content (AvgIpc) is 2.08. The first kappa shape index (κ1) is 15.3. The summed E-state index contributed by atoms with van der Waals surface area (Å²) in [5.74, 6) is 0.675. The molecule has 1 unspecified atom stereocenters. The Morgan fingerprint density at radius 2 is 1.81 bits per heavy atom. The van der Waals surface area contributed by atoms with Crippen LogP contribution in [0.4, 0.5) is 4.79 Å². The van der Waals surface area contributed by atoms with Crippen molar-refractivity contribution >= 4 is 6.09 Å². The molecule has 0 aromatic rings. The summed E-state index contributed by atoms with van der Waals surface area (Å²) in [5, 5.41) is 2.92. The van der Waals surface area contributed by atoms with Crippen LogP contribution >= 0.6 is 0 Å². The van der Waals surface area contributed by atoms with Gasteiger partial charge in [-0.3, -0.25) is 0 Å². The Morgan fingerprint density at radius 1 is 1.25 bits per heavy atom. The lowest BCUT2D eigenvalue weighted by atomic mass is 10.0. The highest BCUT2D eigenvalue weighted by molar-refractivity contribution is 5.68. The molecule has 3 heteroatoms. The largest absolute Gasteiger partial charge is 0.444 e. The second-order valence-electron chi connectivity index (χ2n) is 5.72. The minimum atomic E-state index is -0.416. The molecule has 0 saturated carbocycles. The zero-order valence-corrected chi connectivity index (χ0v) is 11.6. The average molecular weight is 229 g/mol. The highest BCUT2D eigenvalue weighted by Crippen LogP contribution is 2.11. The fourth-order valence-electron chi connectivity index (χ4n) is 1.39. The molecule has 96 valence electrons. The molecule has 0 spiro atoms. The SMILES string of the molecule is CCC(CCC(C)C)NC(=O)OC(C)(C)C. The van der Waals surface area contributed by atoms with Crippen LogP contribution in [0.2, 0.25) is 0 Å². The molecular formula is C13H27NO2. The van der Waals surface area contributed by atoms with Gasteiger partial charge in [0.1, 0.15) is 5.60 Å². The lowest BCUT2D eigenvalue weighted by molar-refractivity contribution is 0.0499. The van der Waals surface area contributed by atoms with Crippen LogP contribution in [0, 0.1) is 5.92 Å². The highest BCUT2D eigenvalue weighted by atomic mass is 16.6. The van der Waals surface area contributed by atoms with Crippen molar-refractivity contribution in [2.24, 2.45) is 5.92 Å². The van der Waals surface area contributed by atoms with Crippen LogP contribution in [0.15, 0.2) is 0 Å². The van der Waals surface area contributed by atoms with Crippen molar-refractivity contribution in [3.63, 3.8) is 0 Å². The van der Waals surface area contributed by atoms with Gasteiger partial charge in [0.2, 0.25) is 0 Å². The normalized spacial score (nSPS) is 13.7. The van der Waals surface area contributed by atoms with Crippen molar-refractivity contribution in [3.05, 3.63) is 0 Å². The van der Waals surface area contributed by atoms with Gasteiger partial charge < -0.3 is 10.1 Å². The van der Waals surface area contributed by atoms with Gasteiger partial charge in [-0.1, -0.05) is 20.8 Å². The number of amides is 1. The molecule has 0 aromatic carbocycles. The maximum atomic E-state index is 11.5. The first-order chi connectivity index (χ1) is 7.24. The van der Waals surface area contributed by atoms with Gasteiger partial charge in [-0.2, -0.15) is 0 Å². The molecule has 0 aliphatic carbocycles. The summed E-state index contributed by atoms with van der Waals surface area (Å²) in [6.45, 7) is 12.1. The fourth-order valence-corrected chi connectivity index (χ4v) is 1.39. The molecular weight excluding hydrogens is 202 g/mol. The number of ether oxygens (including phenoxy) is 1. The van der Waals surface area contributed by atoms with Crippen LogP contribution in [-0.2, 0) is 4.74 Å². The number of hydrogen-bond acceptors (Lipinski definition) is 2. The van der Waals surface area contributed by atoms with Gasteiger partial charge in [0.25, 0.3) is 0 Å². The van der Waals surface area contributed by atoms with Crippen molar-refractivity contribution in [3.8, 4) is 0 Å². The first-order valence-electron chi connectivity index (χ1n) is 6.24. The Hall–Kier alpha value is -0.730. The standard InChI is InChI=1S/C13H27NO2/c1-7-11(9-8-10(2)3)14-12(15)16-13(4,5)6/h10-11H,7-9H2,1-6H3,(H,14,15). The molecule has 0 aliphatic heterocycles. The Balaban J connectivity index is 3.97. The summed E-state index contributed by atoms with van der Waals surface area (Å²) >= 11 is 0. The van der Waals surface area contributed by atoms with Crippen LogP contribution < -0.4 is 5.32 Å². The monoisotopic (exact) mass is 229 g/mol. The van der Waals surface area contributed by atoms with E-state index in [4.69, 9.17) is 4.74 Å². The topological polar surface area (TPSA) is 38.3 Å². The van der Waals surface area contributed by atoms with E-state index in [1.165, 1.54) is 0 Å². The number of carbonyl (C=O) groups is 1. The predicted octanol–water partition coefficient (Wildman–Crippen LogP) is 3.73. The summed E-state index contributed by atoms with van der Waals surface area (Å²) in [6.07, 6.45) is 2.80. The third-order valence-electron chi connectivity index (χ3n) is 2.31. The molecule has 0 heterocycles. The molecule has 0 aliphatic rings. The van der Waals surface area contributed by atoms with Crippen LogP contribution in [0.5, 0.6) is 0 Å². The van der Waals surface area contributed by atoms with Crippen LogP contribution in [-0.4, -0.2) is 17.7 Å². The van der Waals surface area contributed by atoms with E-state index in [-0.39, 0.29) is 12.1 Å². The van der Waals surface area contributed by atoms with E-state index in [1.807, 2.05) is 20.8 Å². The molecule has 1 atom stereocenters. The van der Waals surface area contributed by atoms with Crippen molar-refractivity contribution < 1.29 is 9.53 Å². The van der Waals surface area contributed by atoms with E-state index < -0.39 is 5.60 Å². The molecule has 0 saturated heterocycles. The van der Waals surface area contributed by atoms with Gasteiger partial charge >= 0.3 is 6.09 Å². The quantitative estimate of drug-likeness (QED) is 0.780. The van der Waals surface area contributed by atoms with Crippen molar-refractivity contribution in [1.29, 1.82) is 0 Å². The predicted molar refractivity (Wildman–Crippen MR) is 67.5 cm³/mol. The van der Waals surface area contributed by atoms with Gasteiger partial charge in [0.15, 0.2) is 0 Å². The Bertz CT molecular complexity index is 206. The minimum absolute atomic E-state index is 0.234.